The average Bonchev–Trinajstić information content (AvgIpc) is 2.99. The maximum atomic E-state index is 6.32. The van der Waals surface area contributed by atoms with Crippen molar-refractivity contribution >= 4 is 44.9 Å². The lowest BCUT2D eigenvalue weighted by Crippen LogP contribution is -2.41. The van der Waals surface area contributed by atoms with Crippen LogP contribution in [-0.2, 0) is 9.31 Å². The van der Waals surface area contributed by atoms with Crippen molar-refractivity contribution in [1.29, 1.82) is 0 Å². The van der Waals surface area contributed by atoms with Gasteiger partial charge in [0.15, 0.2) is 0 Å². The van der Waals surface area contributed by atoms with Gasteiger partial charge in [0, 0.05) is 0 Å². The Morgan fingerprint density at radius 3 is 1.48 bits per heavy atom. The molecular formula is C28H25BO2. The molecule has 3 heteroatoms. The van der Waals surface area contributed by atoms with Crippen molar-refractivity contribution in [3.05, 3.63) is 78.9 Å². The van der Waals surface area contributed by atoms with Gasteiger partial charge in [0.2, 0.25) is 0 Å². The van der Waals surface area contributed by atoms with Gasteiger partial charge >= 0.3 is 7.12 Å². The van der Waals surface area contributed by atoms with E-state index in [9.17, 15) is 0 Å². The van der Waals surface area contributed by atoms with E-state index >= 15 is 0 Å². The molecule has 0 atom stereocenters. The molecular weight excluding hydrogens is 379 g/mol. The lowest BCUT2D eigenvalue weighted by Gasteiger charge is -2.32. The van der Waals surface area contributed by atoms with Crippen LogP contribution in [0, 0.1) is 0 Å². The highest BCUT2D eigenvalue weighted by Gasteiger charge is 2.51. The Bertz CT molecular complexity index is 1350. The lowest BCUT2D eigenvalue weighted by atomic mass is 9.76. The second-order valence-corrected chi connectivity index (χ2v) is 9.73. The van der Waals surface area contributed by atoms with Crippen molar-refractivity contribution in [2.24, 2.45) is 0 Å². The number of rotatable bonds is 2. The highest BCUT2D eigenvalue weighted by molar-refractivity contribution is 6.62. The van der Waals surface area contributed by atoms with Crippen LogP contribution >= 0.6 is 0 Å². The molecule has 0 aromatic heterocycles. The third kappa shape index (κ3) is 2.81. The van der Waals surface area contributed by atoms with Gasteiger partial charge in [0.1, 0.15) is 0 Å². The molecule has 1 heterocycles. The van der Waals surface area contributed by atoms with Crippen LogP contribution in [0.4, 0.5) is 0 Å². The fraction of sp³-hybridized carbons (Fsp3) is 0.214. The Balaban J connectivity index is 1.53. The molecule has 1 aliphatic rings. The maximum Gasteiger partial charge on any atom is 0.494 e. The molecule has 1 aliphatic heterocycles. The number of hydrogen-bond donors (Lipinski definition) is 0. The van der Waals surface area contributed by atoms with E-state index in [0.717, 1.165) is 5.46 Å². The van der Waals surface area contributed by atoms with Crippen molar-refractivity contribution in [2.75, 3.05) is 0 Å². The Hall–Kier alpha value is -2.88. The van der Waals surface area contributed by atoms with Crippen molar-refractivity contribution < 1.29 is 9.31 Å². The average molecular weight is 404 g/mol. The summed E-state index contributed by atoms with van der Waals surface area (Å²) >= 11 is 0. The summed E-state index contributed by atoms with van der Waals surface area (Å²) in [6, 6.07) is 28.6. The summed E-state index contributed by atoms with van der Waals surface area (Å²) in [5.74, 6) is 0. The molecule has 0 unspecified atom stereocenters. The van der Waals surface area contributed by atoms with Crippen LogP contribution in [0.1, 0.15) is 27.7 Å². The molecule has 0 spiro atoms. The van der Waals surface area contributed by atoms with Crippen LogP contribution in [0.3, 0.4) is 0 Å². The van der Waals surface area contributed by atoms with Crippen molar-refractivity contribution in [3.63, 3.8) is 0 Å². The molecule has 1 fully saturated rings. The Labute approximate surface area is 183 Å². The van der Waals surface area contributed by atoms with Crippen LogP contribution < -0.4 is 5.46 Å². The van der Waals surface area contributed by atoms with Gasteiger partial charge in [-0.1, -0.05) is 66.7 Å². The molecule has 0 amide bonds. The topological polar surface area (TPSA) is 18.5 Å². The van der Waals surface area contributed by atoms with Gasteiger partial charge < -0.3 is 9.31 Å². The summed E-state index contributed by atoms with van der Waals surface area (Å²) in [4.78, 5) is 0. The molecule has 0 bridgehead atoms. The Morgan fingerprint density at radius 1 is 0.548 bits per heavy atom. The van der Waals surface area contributed by atoms with Crippen LogP contribution in [0.2, 0.25) is 0 Å². The second-order valence-electron chi connectivity index (χ2n) is 9.73. The third-order valence-electron chi connectivity index (χ3n) is 7.19. The SMILES string of the molecule is CC1(C)OB(c2cc3ccc4cc(-c5ccccc5)cc5ccc(c2)c3c45)OC1(C)C. The highest BCUT2D eigenvalue weighted by Crippen LogP contribution is 2.39. The summed E-state index contributed by atoms with van der Waals surface area (Å²) in [7, 11) is -0.350. The maximum absolute atomic E-state index is 6.32. The van der Waals surface area contributed by atoms with Crippen LogP contribution in [-0.4, -0.2) is 18.3 Å². The molecule has 0 saturated carbocycles. The minimum absolute atomic E-state index is 0.343. The van der Waals surface area contributed by atoms with Gasteiger partial charge in [0.25, 0.3) is 0 Å². The van der Waals surface area contributed by atoms with E-state index in [1.165, 1.54) is 43.4 Å². The van der Waals surface area contributed by atoms with Gasteiger partial charge in [-0.2, -0.15) is 0 Å². The fourth-order valence-electron chi connectivity index (χ4n) is 4.77. The largest absolute Gasteiger partial charge is 0.494 e. The quantitative estimate of drug-likeness (QED) is 0.245. The van der Waals surface area contributed by atoms with E-state index in [2.05, 4.69) is 107 Å². The molecule has 5 aromatic carbocycles. The van der Waals surface area contributed by atoms with E-state index in [4.69, 9.17) is 9.31 Å². The van der Waals surface area contributed by atoms with E-state index in [1.807, 2.05) is 0 Å². The summed E-state index contributed by atoms with van der Waals surface area (Å²) in [6.45, 7) is 8.40. The Morgan fingerprint density at radius 2 is 1.00 bits per heavy atom. The smallest absolute Gasteiger partial charge is 0.399 e. The summed E-state index contributed by atoms with van der Waals surface area (Å²) < 4.78 is 12.6. The van der Waals surface area contributed by atoms with E-state index in [-0.39, 0.29) is 18.3 Å². The van der Waals surface area contributed by atoms with Crippen LogP contribution in [0.25, 0.3) is 43.4 Å². The van der Waals surface area contributed by atoms with Crippen LogP contribution in [0.5, 0.6) is 0 Å². The lowest BCUT2D eigenvalue weighted by molar-refractivity contribution is 0.00578. The van der Waals surface area contributed by atoms with Crippen molar-refractivity contribution in [3.8, 4) is 11.1 Å². The molecule has 6 rings (SSSR count). The van der Waals surface area contributed by atoms with Crippen LogP contribution in [0.15, 0.2) is 78.9 Å². The Kier molecular flexibility index (Phi) is 3.84. The van der Waals surface area contributed by atoms with Crippen molar-refractivity contribution in [1.82, 2.24) is 0 Å². The van der Waals surface area contributed by atoms with Gasteiger partial charge in [-0.3, -0.25) is 0 Å². The molecule has 5 aromatic rings. The predicted octanol–water partition coefficient (Wildman–Crippen LogP) is 6.55. The molecule has 152 valence electrons. The van der Waals surface area contributed by atoms with Crippen molar-refractivity contribution in [2.45, 2.75) is 38.9 Å². The molecule has 2 nitrogen and oxygen atoms in total. The third-order valence-corrected chi connectivity index (χ3v) is 7.19. The molecule has 0 radical (unpaired) electrons. The zero-order valence-electron chi connectivity index (χ0n) is 18.4. The summed E-state index contributed by atoms with van der Waals surface area (Å²) in [5, 5.41) is 7.65. The monoisotopic (exact) mass is 404 g/mol. The predicted molar refractivity (Wildman–Crippen MR) is 131 cm³/mol. The molecule has 0 aliphatic carbocycles. The highest BCUT2D eigenvalue weighted by atomic mass is 16.7. The fourth-order valence-corrected chi connectivity index (χ4v) is 4.77. The zero-order chi connectivity index (χ0) is 21.4. The van der Waals surface area contributed by atoms with Gasteiger partial charge in [-0.05, 0) is 88.7 Å². The standard InChI is InChI=1S/C28H25BO2/c1-27(2)28(3,4)31-29(30-27)24-16-21-12-10-19-14-23(18-8-6-5-7-9-18)15-20-11-13-22(17-24)26(21)25(19)20/h5-17H,1-4H3. The first-order valence-electron chi connectivity index (χ1n) is 11.0. The summed E-state index contributed by atoms with van der Waals surface area (Å²) in [6.07, 6.45) is 0. The zero-order valence-corrected chi connectivity index (χ0v) is 18.4. The second kappa shape index (κ2) is 6.32. The van der Waals surface area contributed by atoms with E-state index < -0.39 is 0 Å². The number of hydrogen-bond acceptors (Lipinski definition) is 2. The van der Waals surface area contributed by atoms with Gasteiger partial charge in [-0.15, -0.1) is 0 Å². The van der Waals surface area contributed by atoms with Gasteiger partial charge in [-0.25, -0.2) is 0 Å². The first kappa shape index (κ1) is 18.9. The van der Waals surface area contributed by atoms with E-state index in [0.29, 0.717) is 0 Å². The molecule has 0 N–H and O–H groups in total. The van der Waals surface area contributed by atoms with Gasteiger partial charge in [0.05, 0.1) is 11.2 Å². The number of benzene rings is 5. The minimum Gasteiger partial charge on any atom is -0.399 e. The molecule has 31 heavy (non-hydrogen) atoms. The normalized spacial score (nSPS) is 17.9. The first-order chi connectivity index (χ1) is 14.8. The molecule has 1 saturated heterocycles. The minimum atomic E-state index is -0.350. The van der Waals surface area contributed by atoms with E-state index in [1.54, 1.807) is 0 Å². The summed E-state index contributed by atoms with van der Waals surface area (Å²) in [5.41, 5.74) is 2.89. The first-order valence-corrected chi connectivity index (χ1v) is 11.0.